The van der Waals surface area contributed by atoms with Crippen LogP contribution in [0.25, 0.3) is 0 Å². The first kappa shape index (κ1) is 14.3. The van der Waals surface area contributed by atoms with Crippen molar-refractivity contribution in [1.82, 2.24) is 5.32 Å². The quantitative estimate of drug-likeness (QED) is 0.571. The van der Waals surface area contributed by atoms with Gasteiger partial charge in [0.15, 0.2) is 0 Å². The van der Waals surface area contributed by atoms with E-state index in [2.05, 4.69) is 19.2 Å². The molecule has 0 aromatic rings. The van der Waals surface area contributed by atoms with Crippen molar-refractivity contribution in [2.75, 3.05) is 31.3 Å². The van der Waals surface area contributed by atoms with Crippen LogP contribution in [0.4, 0.5) is 0 Å². The van der Waals surface area contributed by atoms with Gasteiger partial charge < -0.3 is 10.1 Å². The van der Waals surface area contributed by atoms with Crippen LogP contribution in [0.1, 0.15) is 33.6 Å². The maximum atomic E-state index is 5.27. The molecule has 0 fully saturated rings. The van der Waals surface area contributed by atoms with E-state index in [1.165, 1.54) is 17.9 Å². The van der Waals surface area contributed by atoms with Crippen LogP contribution in [0.5, 0.6) is 0 Å². The molecule has 0 saturated heterocycles. The fourth-order valence-corrected chi connectivity index (χ4v) is 1.98. The molecule has 0 saturated carbocycles. The molecule has 0 spiro atoms. The number of hydrogen-bond donors (Lipinski definition) is 1. The first-order chi connectivity index (χ1) is 6.81. The summed E-state index contributed by atoms with van der Waals surface area (Å²) in [6.07, 6.45) is 2.40. The standard InChI is InChI=1S/C11H25NOS/c1-4-13-9-6-8-12-11(3)7-10-14-5-2/h11-12H,4-10H2,1-3H3. The lowest BCUT2D eigenvalue weighted by molar-refractivity contribution is 0.144. The van der Waals surface area contributed by atoms with Gasteiger partial charge in [-0.3, -0.25) is 0 Å². The van der Waals surface area contributed by atoms with Gasteiger partial charge in [-0.15, -0.1) is 0 Å². The van der Waals surface area contributed by atoms with Crippen molar-refractivity contribution in [2.24, 2.45) is 0 Å². The molecule has 0 aliphatic heterocycles. The third-order valence-electron chi connectivity index (χ3n) is 2.06. The van der Waals surface area contributed by atoms with Crippen molar-refractivity contribution in [3.8, 4) is 0 Å². The molecule has 1 atom stereocenters. The highest BCUT2D eigenvalue weighted by atomic mass is 32.2. The fraction of sp³-hybridized carbons (Fsp3) is 1.00. The maximum absolute atomic E-state index is 5.27. The van der Waals surface area contributed by atoms with Crippen LogP contribution in [0, 0.1) is 0 Å². The molecule has 0 radical (unpaired) electrons. The van der Waals surface area contributed by atoms with E-state index in [1.54, 1.807) is 0 Å². The summed E-state index contributed by atoms with van der Waals surface area (Å²) in [5, 5.41) is 3.51. The molecule has 0 aromatic carbocycles. The van der Waals surface area contributed by atoms with Crippen LogP contribution in [0.3, 0.4) is 0 Å². The van der Waals surface area contributed by atoms with Crippen molar-refractivity contribution in [2.45, 2.75) is 39.7 Å². The third-order valence-corrected chi connectivity index (χ3v) is 2.99. The smallest absolute Gasteiger partial charge is 0.0477 e. The maximum Gasteiger partial charge on any atom is 0.0477 e. The number of rotatable bonds is 10. The lowest BCUT2D eigenvalue weighted by Crippen LogP contribution is -2.28. The van der Waals surface area contributed by atoms with E-state index < -0.39 is 0 Å². The zero-order chi connectivity index (χ0) is 10.6. The van der Waals surface area contributed by atoms with Crippen molar-refractivity contribution in [3.05, 3.63) is 0 Å². The van der Waals surface area contributed by atoms with Gasteiger partial charge in [0, 0.05) is 19.3 Å². The largest absolute Gasteiger partial charge is 0.382 e. The van der Waals surface area contributed by atoms with E-state index in [-0.39, 0.29) is 0 Å². The van der Waals surface area contributed by atoms with Gasteiger partial charge >= 0.3 is 0 Å². The molecular formula is C11H25NOS. The first-order valence-corrected chi connectivity index (χ1v) is 6.85. The molecule has 2 nitrogen and oxygen atoms in total. The second kappa shape index (κ2) is 11.3. The second-order valence-electron chi connectivity index (χ2n) is 3.39. The molecule has 0 bridgehead atoms. The van der Waals surface area contributed by atoms with E-state index in [0.29, 0.717) is 6.04 Å². The molecule has 0 rings (SSSR count). The zero-order valence-corrected chi connectivity index (χ0v) is 10.7. The van der Waals surface area contributed by atoms with Crippen LogP contribution >= 0.6 is 11.8 Å². The van der Waals surface area contributed by atoms with Crippen molar-refractivity contribution < 1.29 is 4.74 Å². The summed E-state index contributed by atoms with van der Waals surface area (Å²) < 4.78 is 5.27. The van der Waals surface area contributed by atoms with Crippen LogP contribution in [0.15, 0.2) is 0 Å². The van der Waals surface area contributed by atoms with Gasteiger partial charge in [0.25, 0.3) is 0 Å². The Labute approximate surface area is 93.2 Å². The summed E-state index contributed by atoms with van der Waals surface area (Å²) in [7, 11) is 0. The van der Waals surface area contributed by atoms with Crippen LogP contribution in [0.2, 0.25) is 0 Å². The lowest BCUT2D eigenvalue weighted by atomic mass is 10.2. The summed E-state index contributed by atoms with van der Waals surface area (Å²) in [6, 6.07) is 0.649. The highest BCUT2D eigenvalue weighted by Gasteiger charge is 1.99. The van der Waals surface area contributed by atoms with E-state index in [4.69, 9.17) is 4.74 Å². The summed E-state index contributed by atoms with van der Waals surface area (Å²) in [4.78, 5) is 0. The molecule has 0 aromatic heterocycles. The first-order valence-electron chi connectivity index (χ1n) is 5.70. The Hall–Kier alpha value is 0.270. The minimum Gasteiger partial charge on any atom is -0.382 e. The van der Waals surface area contributed by atoms with Crippen LogP contribution in [-0.4, -0.2) is 37.3 Å². The van der Waals surface area contributed by atoms with Crippen LogP contribution < -0.4 is 5.32 Å². The van der Waals surface area contributed by atoms with Gasteiger partial charge in [-0.25, -0.2) is 0 Å². The van der Waals surface area contributed by atoms with Crippen LogP contribution in [-0.2, 0) is 4.74 Å². The van der Waals surface area contributed by atoms with Crippen molar-refractivity contribution in [3.63, 3.8) is 0 Å². The highest BCUT2D eigenvalue weighted by molar-refractivity contribution is 7.99. The molecule has 0 amide bonds. The molecule has 14 heavy (non-hydrogen) atoms. The SMILES string of the molecule is CCOCCCNC(C)CCSCC. The molecule has 3 heteroatoms. The fourth-order valence-electron chi connectivity index (χ4n) is 1.17. The van der Waals surface area contributed by atoms with E-state index in [0.717, 1.165) is 26.2 Å². The molecule has 0 heterocycles. The van der Waals surface area contributed by atoms with Gasteiger partial charge in [0.1, 0.15) is 0 Å². The molecule has 1 N–H and O–H groups in total. The average Bonchev–Trinajstić information content (AvgIpc) is 2.18. The van der Waals surface area contributed by atoms with Gasteiger partial charge in [0.2, 0.25) is 0 Å². The van der Waals surface area contributed by atoms with Gasteiger partial charge in [-0.05, 0) is 44.7 Å². The second-order valence-corrected chi connectivity index (χ2v) is 4.79. The molecule has 86 valence electrons. The van der Waals surface area contributed by atoms with Gasteiger partial charge in [0.05, 0.1) is 0 Å². The summed E-state index contributed by atoms with van der Waals surface area (Å²) in [5.74, 6) is 2.51. The Balaban J connectivity index is 3.06. The average molecular weight is 219 g/mol. The Morgan fingerprint density at radius 1 is 1.36 bits per heavy atom. The number of nitrogens with one attached hydrogen (secondary N) is 1. The topological polar surface area (TPSA) is 21.3 Å². The van der Waals surface area contributed by atoms with E-state index in [9.17, 15) is 0 Å². The van der Waals surface area contributed by atoms with Crippen molar-refractivity contribution >= 4 is 11.8 Å². The van der Waals surface area contributed by atoms with E-state index in [1.807, 2.05) is 18.7 Å². The summed E-state index contributed by atoms with van der Waals surface area (Å²) in [6.45, 7) is 9.32. The predicted molar refractivity (Wildman–Crippen MR) is 66.2 cm³/mol. The Kier molecular flexibility index (Phi) is 11.6. The Morgan fingerprint density at radius 3 is 2.79 bits per heavy atom. The number of thioether (sulfide) groups is 1. The summed E-state index contributed by atoms with van der Waals surface area (Å²) >= 11 is 2.02. The Bertz CT molecular complexity index is 111. The van der Waals surface area contributed by atoms with Crippen molar-refractivity contribution in [1.29, 1.82) is 0 Å². The van der Waals surface area contributed by atoms with E-state index >= 15 is 0 Å². The highest BCUT2D eigenvalue weighted by Crippen LogP contribution is 2.03. The van der Waals surface area contributed by atoms with Gasteiger partial charge in [-0.1, -0.05) is 6.92 Å². The number of ether oxygens (including phenoxy) is 1. The minimum absolute atomic E-state index is 0.649. The third kappa shape index (κ3) is 10.4. The predicted octanol–water partition coefficient (Wildman–Crippen LogP) is 2.53. The zero-order valence-electron chi connectivity index (χ0n) is 9.84. The monoisotopic (exact) mass is 219 g/mol. The Morgan fingerprint density at radius 2 is 2.14 bits per heavy atom. The normalized spacial score (nSPS) is 13.1. The molecule has 1 unspecified atom stereocenters. The number of hydrogen-bond acceptors (Lipinski definition) is 3. The molecule has 0 aliphatic rings. The van der Waals surface area contributed by atoms with Gasteiger partial charge in [-0.2, -0.15) is 11.8 Å². The summed E-state index contributed by atoms with van der Waals surface area (Å²) in [5.41, 5.74) is 0. The minimum atomic E-state index is 0.649. The lowest BCUT2D eigenvalue weighted by Gasteiger charge is -2.12. The molecule has 0 aliphatic carbocycles. The molecular weight excluding hydrogens is 194 g/mol.